The quantitative estimate of drug-likeness (QED) is 0.698. The number of aromatic hydroxyl groups is 1. The normalized spacial score (nSPS) is 11.8. The molecule has 0 aromatic heterocycles. The number of carbonyl (C=O) groups excluding carboxylic acids is 1. The molecule has 0 radical (unpaired) electrons. The zero-order valence-corrected chi connectivity index (χ0v) is 9.35. The van der Waals surface area contributed by atoms with Gasteiger partial charge < -0.3 is 5.11 Å². The first kappa shape index (κ1) is 10.7. The number of fused-ring (bicyclic) bond motifs is 1. The topological polar surface area (TPSA) is 37.3 Å². The van der Waals surface area contributed by atoms with Crippen molar-refractivity contribution in [1.29, 1.82) is 0 Å². The maximum Gasteiger partial charge on any atom is 0.199 e. The van der Waals surface area contributed by atoms with Crippen LogP contribution in [0, 0.1) is 5.82 Å². The molecular weight excluding hydrogens is 231 g/mol. The van der Waals surface area contributed by atoms with Gasteiger partial charge in [-0.3, -0.25) is 4.79 Å². The summed E-state index contributed by atoms with van der Waals surface area (Å²) in [5, 5.41) is 9.80. The van der Waals surface area contributed by atoms with Crippen molar-refractivity contribution in [3.05, 3.63) is 64.5 Å². The van der Waals surface area contributed by atoms with E-state index in [1.165, 1.54) is 24.3 Å². The summed E-state index contributed by atoms with van der Waals surface area (Å²) < 4.78 is 13.5. The summed E-state index contributed by atoms with van der Waals surface area (Å²) in [5.74, 6) is -1.21. The second-order valence-electron chi connectivity index (χ2n) is 4.14. The van der Waals surface area contributed by atoms with Crippen LogP contribution >= 0.6 is 0 Å². The van der Waals surface area contributed by atoms with Crippen molar-refractivity contribution in [1.82, 2.24) is 0 Å². The molecular formula is C15H9FO2. The van der Waals surface area contributed by atoms with Gasteiger partial charge in [-0.2, -0.15) is 0 Å². The molecule has 0 amide bonds. The van der Waals surface area contributed by atoms with Crippen LogP contribution < -0.4 is 0 Å². The van der Waals surface area contributed by atoms with Crippen molar-refractivity contribution in [3.63, 3.8) is 0 Å². The van der Waals surface area contributed by atoms with E-state index in [1.807, 2.05) is 12.2 Å². The van der Waals surface area contributed by atoms with E-state index < -0.39 is 11.6 Å². The molecule has 1 N–H and O–H groups in total. The molecule has 0 atom stereocenters. The van der Waals surface area contributed by atoms with E-state index in [0.717, 1.165) is 11.1 Å². The van der Waals surface area contributed by atoms with Crippen LogP contribution in [-0.2, 0) is 0 Å². The number of ketones is 1. The lowest BCUT2D eigenvalue weighted by atomic mass is 9.92. The SMILES string of the molecule is O=C(c1cc2c(cc1O)C=C2)c1ccccc1F. The van der Waals surface area contributed by atoms with Gasteiger partial charge in [-0.15, -0.1) is 0 Å². The minimum atomic E-state index is -0.583. The Morgan fingerprint density at radius 1 is 1.00 bits per heavy atom. The number of phenols is 1. The van der Waals surface area contributed by atoms with Crippen LogP contribution in [-0.4, -0.2) is 10.9 Å². The summed E-state index contributed by atoms with van der Waals surface area (Å²) in [6.07, 6.45) is 3.68. The fourth-order valence-corrected chi connectivity index (χ4v) is 1.97. The van der Waals surface area contributed by atoms with Crippen molar-refractivity contribution >= 4 is 17.9 Å². The minimum absolute atomic E-state index is 0.0314. The van der Waals surface area contributed by atoms with Crippen molar-refractivity contribution < 1.29 is 14.3 Å². The summed E-state index contributed by atoms with van der Waals surface area (Å²) in [5.41, 5.74) is 1.87. The van der Waals surface area contributed by atoms with Gasteiger partial charge in [0.25, 0.3) is 0 Å². The van der Waals surface area contributed by atoms with Crippen LogP contribution in [0.25, 0.3) is 12.2 Å². The maximum atomic E-state index is 13.5. The number of hydrogen-bond acceptors (Lipinski definition) is 2. The Morgan fingerprint density at radius 3 is 2.33 bits per heavy atom. The monoisotopic (exact) mass is 240 g/mol. The van der Waals surface area contributed by atoms with Gasteiger partial charge in [0, 0.05) is 0 Å². The largest absolute Gasteiger partial charge is 0.507 e. The third-order valence-electron chi connectivity index (χ3n) is 3.01. The number of halogens is 1. The Bertz CT molecular complexity index is 687. The van der Waals surface area contributed by atoms with E-state index in [0.29, 0.717) is 0 Å². The lowest BCUT2D eigenvalue weighted by Crippen LogP contribution is -2.06. The van der Waals surface area contributed by atoms with E-state index in [2.05, 4.69) is 0 Å². The van der Waals surface area contributed by atoms with Crippen molar-refractivity contribution in [2.75, 3.05) is 0 Å². The second-order valence-corrected chi connectivity index (χ2v) is 4.14. The highest BCUT2D eigenvalue weighted by atomic mass is 19.1. The summed E-state index contributed by atoms with van der Waals surface area (Å²) in [4.78, 5) is 12.2. The molecule has 3 rings (SSSR count). The van der Waals surface area contributed by atoms with Crippen LogP contribution in [0.2, 0.25) is 0 Å². The van der Waals surface area contributed by atoms with Crippen LogP contribution in [0.15, 0.2) is 36.4 Å². The molecule has 1 aliphatic rings. The smallest absolute Gasteiger partial charge is 0.199 e. The van der Waals surface area contributed by atoms with Crippen molar-refractivity contribution in [2.24, 2.45) is 0 Å². The average molecular weight is 240 g/mol. The lowest BCUT2D eigenvalue weighted by Gasteiger charge is -2.13. The molecule has 0 saturated carbocycles. The highest BCUT2D eigenvalue weighted by molar-refractivity contribution is 6.11. The lowest BCUT2D eigenvalue weighted by molar-refractivity contribution is 0.103. The van der Waals surface area contributed by atoms with E-state index in [-0.39, 0.29) is 16.9 Å². The van der Waals surface area contributed by atoms with E-state index in [9.17, 15) is 14.3 Å². The van der Waals surface area contributed by atoms with Crippen molar-refractivity contribution in [3.8, 4) is 5.75 Å². The zero-order chi connectivity index (χ0) is 12.7. The molecule has 1 aliphatic carbocycles. The van der Waals surface area contributed by atoms with E-state index in [1.54, 1.807) is 12.1 Å². The van der Waals surface area contributed by atoms with Gasteiger partial charge in [-0.05, 0) is 35.4 Å². The standard InChI is InChI=1S/C15H9FO2/c16-13-4-2-1-3-11(13)15(18)12-7-9-5-6-10(9)8-14(12)17/h1-8,17H. The van der Waals surface area contributed by atoms with Gasteiger partial charge in [0.2, 0.25) is 0 Å². The first-order valence-corrected chi connectivity index (χ1v) is 5.51. The summed E-state index contributed by atoms with van der Waals surface area (Å²) >= 11 is 0. The third kappa shape index (κ3) is 1.52. The highest BCUT2D eigenvalue weighted by Crippen LogP contribution is 2.32. The Morgan fingerprint density at radius 2 is 1.67 bits per heavy atom. The summed E-state index contributed by atoms with van der Waals surface area (Å²) in [7, 11) is 0. The van der Waals surface area contributed by atoms with Gasteiger partial charge in [-0.25, -0.2) is 4.39 Å². The molecule has 0 bridgehead atoms. The summed E-state index contributed by atoms with van der Waals surface area (Å²) in [6, 6.07) is 8.85. The Labute approximate surface area is 103 Å². The van der Waals surface area contributed by atoms with Crippen LogP contribution in [0.4, 0.5) is 4.39 Å². The average Bonchev–Trinajstić information content (AvgIpc) is 2.34. The Balaban J connectivity index is 2.09. The first-order chi connectivity index (χ1) is 8.66. The van der Waals surface area contributed by atoms with Gasteiger partial charge in [0.1, 0.15) is 11.6 Å². The van der Waals surface area contributed by atoms with Gasteiger partial charge in [-0.1, -0.05) is 24.3 Å². The van der Waals surface area contributed by atoms with Gasteiger partial charge in [0.15, 0.2) is 5.78 Å². The molecule has 2 aromatic rings. The van der Waals surface area contributed by atoms with Crippen LogP contribution in [0.1, 0.15) is 27.0 Å². The van der Waals surface area contributed by atoms with E-state index >= 15 is 0 Å². The number of hydrogen-bond donors (Lipinski definition) is 1. The molecule has 0 saturated heterocycles. The second kappa shape index (κ2) is 3.81. The zero-order valence-electron chi connectivity index (χ0n) is 9.35. The summed E-state index contributed by atoms with van der Waals surface area (Å²) in [6.45, 7) is 0. The molecule has 2 aromatic carbocycles. The van der Waals surface area contributed by atoms with Crippen molar-refractivity contribution in [2.45, 2.75) is 0 Å². The molecule has 0 unspecified atom stereocenters. The van der Waals surface area contributed by atoms with Crippen LogP contribution in [0.3, 0.4) is 0 Å². The number of phenolic OH excluding ortho intramolecular Hbond substituents is 1. The fourth-order valence-electron chi connectivity index (χ4n) is 1.97. The molecule has 0 aliphatic heterocycles. The molecule has 3 heteroatoms. The highest BCUT2D eigenvalue weighted by Gasteiger charge is 2.19. The third-order valence-corrected chi connectivity index (χ3v) is 3.01. The number of carbonyl (C=O) groups is 1. The fraction of sp³-hybridized carbons (Fsp3) is 0. The van der Waals surface area contributed by atoms with Gasteiger partial charge in [0.05, 0.1) is 11.1 Å². The molecule has 18 heavy (non-hydrogen) atoms. The maximum absolute atomic E-state index is 13.5. The predicted octanol–water partition coefficient (Wildman–Crippen LogP) is 3.25. The van der Waals surface area contributed by atoms with Crippen LogP contribution in [0.5, 0.6) is 5.75 Å². The minimum Gasteiger partial charge on any atom is -0.507 e. The number of benzene rings is 2. The Hall–Kier alpha value is -2.42. The number of rotatable bonds is 2. The van der Waals surface area contributed by atoms with Gasteiger partial charge >= 0.3 is 0 Å². The molecule has 0 spiro atoms. The molecule has 0 fully saturated rings. The molecule has 2 nitrogen and oxygen atoms in total. The Kier molecular flexibility index (Phi) is 2.27. The molecule has 88 valence electrons. The predicted molar refractivity (Wildman–Crippen MR) is 66.9 cm³/mol. The molecule has 0 heterocycles. The van der Waals surface area contributed by atoms with E-state index in [4.69, 9.17) is 0 Å². The first-order valence-electron chi connectivity index (χ1n) is 5.51.